The maximum Gasteiger partial charge on any atom is 0.251 e. The number of hydrogen-bond donors (Lipinski definition) is 2. The average Bonchev–Trinajstić information content (AvgIpc) is 3.35. The number of halogens is 1. The van der Waals surface area contributed by atoms with Crippen molar-refractivity contribution in [3.05, 3.63) is 77.3 Å². The van der Waals surface area contributed by atoms with E-state index in [0.717, 1.165) is 72.3 Å². The van der Waals surface area contributed by atoms with E-state index in [1.54, 1.807) is 7.11 Å². The third kappa shape index (κ3) is 5.64. The Balaban J connectivity index is 1.07. The Morgan fingerprint density at radius 3 is 2.61 bits per heavy atom. The lowest BCUT2D eigenvalue weighted by atomic mass is 10.1. The zero-order chi connectivity index (χ0) is 24.9. The number of methoxy groups -OCH3 is 1. The fourth-order valence-corrected chi connectivity index (χ4v) is 4.73. The normalized spacial score (nSPS) is 14.2. The van der Waals surface area contributed by atoms with Crippen LogP contribution in [0.3, 0.4) is 0 Å². The summed E-state index contributed by atoms with van der Waals surface area (Å²) in [5.74, 6) is 1.49. The largest absolute Gasteiger partial charge is 0.497 e. The number of aromatic nitrogens is 2. The van der Waals surface area contributed by atoms with Gasteiger partial charge in [-0.25, -0.2) is 4.98 Å². The Morgan fingerprint density at radius 1 is 1.06 bits per heavy atom. The zero-order valence-corrected chi connectivity index (χ0v) is 21.1. The van der Waals surface area contributed by atoms with Crippen molar-refractivity contribution in [2.75, 3.05) is 51.3 Å². The Bertz CT molecular complexity index is 1330. The first kappa shape index (κ1) is 24.2. The number of amides is 1. The van der Waals surface area contributed by atoms with Crippen molar-refractivity contribution in [1.82, 2.24) is 20.2 Å². The summed E-state index contributed by atoms with van der Waals surface area (Å²) in [5, 5.41) is 3.82. The van der Waals surface area contributed by atoms with Crippen molar-refractivity contribution in [2.45, 2.75) is 6.42 Å². The third-order valence-corrected chi connectivity index (χ3v) is 6.83. The van der Waals surface area contributed by atoms with Gasteiger partial charge in [0, 0.05) is 60.6 Å². The highest BCUT2D eigenvalue weighted by Crippen LogP contribution is 2.24. The standard InChI is InChI=1S/C28H30ClN5O2/c1-36-24-10-11-25-26(19-24)32-27(31-25)20-6-8-21(9-7-20)28(35)30-12-3-13-33-14-16-34(17-15-33)23-5-2-4-22(29)18-23/h2,4-11,18-19H,3,12-17H2,1H3,(H,30,35)(H,31,32). The number of carbonyl (C=O) groups excluding carboxylic acids is 1. The predicted octanol–water partition coefficient (Wildman–Crippen LogP) is 4.83. The fraction of sp³-hybridized carbons (Fsp3) is 0.286. The number of piperazine rings is 1. The monoisotopic (exact) mass is 503 g/mol. The van der Waals surface area contributed by atoms with Crippen LogP contribution in [0.25, 0.3) is 22.4 Å². The van der Waals surface area contributed by atoms with E-state index in [4.69, 9.17) is 16.3 Å². The lowest BCUT2D eigenvalue weighted by molar-refractivity contribution is 0.0951. The van der Waals surface area contributed by atoms with Gasteiger partial charge in [0.1, 0.15) is 11.6 Å². The Kier molecular flexibility index (Phi) is 7.39. The van der Waals surface area contributed by atoms with Gasteiger partial charge in [-0.05, 0) is 55.4 Å². The van der Waals surface area contributed by atoms with Crippen LogP contribution in [-0.4, -0.2) is 67.2 Å². The summed E-state index contributed by atoms with van der Waals surface area (Å²) < 4.78 is 5.28. The van der Waals surface area contributed by atoms with Crippen LogP contribution in [0.4, 0.5) is 5.69 Å². The number of hydrogen-bond acceptors (Lipinski definition) is 5. The average molecular weight is 504 g/mol. The number of rotatable bonds is 8. The summed E-state index contributed by atoms with van der Waals surface area (Å²) >= 11 is 6.13. The molecule has 0 atom stereocenters. The van der Waals surface area contributed by atoms with Crippen LogP contribution in [0, 0.1) is 0 Å². The second-order valence-electron chi connectivity index (χ2n) is 8.96. The van der Waals surface area contributed by atoms with E-state index in [-0.39, 0.29) is 5.91 Å². The van der Waals surface area contributed by atoms with E-state index < -0.39 is 0 Å². The number of benzene rings is 3. The summed E-state index contributed by atoms with van der Waals surface area (Å²) in [6.07, 6.45) is 0.920. The molecule has 0 saturated carbocycles. The second-order valence-corrected chi connectivity index (χ2v) is 9.40. The number of ether oxygens (including phenoxy) is 1. The van der Waals surface area contributed by atoms with Crippen LogP contribution in [0.1, 0.15) is 16.8 Å². The first-order valence-electron chi connectivity index (χ1n) is 12.2. The molecule has 0 unspecified atom stereocenters. The van der Waals surface area contributed by atoms with Crippen molar-refractivity contribution in [1.29, 1.82) is 0 Å². The molecule has 0 aliphatic carbocycles. The first-order valence-corrected chi connectivity index (χ1v) is 12.6. The maximum atomic E-state index is 12.6. The smallest absolute Gasteiger partial charge is 0.251 e. The highest BCUT2D eigenvalue weighted by atomic mass is 35.5. The van der Waals surface area contributed by atoms with E-state index in [1.165, 1.54) is 5.69 Å². The van der Waals surface area contributed by atoms with Crippen LogP contribution in [-0.2, 0) is 0 Å². The number of fused-ring (bicyclic) bond motifs is 1. The minimum Gasteiger partial charge on any atom is -0.497 e. The number of carbonyl (C=O) groups is 1. The second kappa shape index (κ2) is 11.0. The Morgan fingerprint density at radius 2 is 1.86 bits per heavy atom. The number of aromatic amines is 1. The van der Waals surface area contributed by atoms with Gasteiger partial charge in [-0.1, -0.05) is 29.8 Å². The van der Waals surface area contributed by atoms with Gasteiger partial charge in [-0.15, -0.1) is 0 Å². The molecular formula is C28H30ClN5O2. The summed E-state index contributed by atoms with van der Waals surface area (Å²) in [6, 6.07) is 21.3. The van der Waals surface area contributed by atoms with E-state index >= 15 is 0 Å². The molecule has 1 aromatic heterocycles. The number of imidazole rings is 1. The van der Waals surface area contributed by atoms with Crippen molar-refractivity contribution in [2.24, 2.45) is 0 Å². The van der Waals surface area contributed by atoms with E-state index in [2.05, 4.69) is 31.2 Å². The molecule has 1 amide bonds. The fourth-order valence-electron chi connectivity index (χ4n) is 4.54. The van der Waals surface area contributed by atoms with Crippen LogP contribution in [0.5, 0.6) is 5.75 Å². The van der Waals surface area contributed by atoms with Gasteiger partial charge in [0.05, 0.1) is 18.1 Å². The minimum atomic E-state index is -0.0540. The molecule has 5 rings (SSSR count). The van der Waals surface area contributed by atoms with Crippen LogP contribution >= 0.6 is 11.6 Å². The lowest BCUT2D eigenvalue weighted by Gasteiger charge is -2.36. The molecule has 2 N–H and O–H groups in total. The Hall–Kier alpha value is -3.55. The maximum absolute atomic E-state index is 12.6. The molecule has 7 nitrogen and oxygen atoms in total. The van der Waals surface area contributed by atoms with Crippen molar-refractivity contribution in [3.8, 4) is 17.1 Å². The number of anilines is 1. The highest BCUT2D eigenvalue weighted by Gasteiger charge is 2.17. The van der Waals surface area contributed by atoms with Crippen LogP contribution in [0.15, 0.2) is 66.7 Å². The molecule has 2 heterocycles. The molecule has 3 aromatic carbocycles. The molecule has 0 bridgehead atoms. The summed E-state index contributed by atoms with van der Waals surface area (Å²) in [5.41, 5.74) is 4.54. The molecule has 1 aliphatic heterocycles. The SMILES string of the molecule is COc1ccc2nc(-c3ccc(C(=O)NCCCN4CCN(c5cccc(Cl)c5)CC4)cc3)[nH]c2c1. The number of H-pyrrole nitrogens is 1. The summed E-state index contributed by atoms with van der Waals surface area (Å²) in [7, 11) is 1.65. The summed E-state index contributed by atoms with van der Waals surface area (Å²) in [6.45, 7) is 5.61. The van der Waals surface area contributed by atoms with E-state index in [0.29, 0.717) is 12.1 Å². The highest BCUT2D eigenvalue weighted by molar-refractivity contribution is 6.30. The molecule has 36 heavy (non-hydrogen) atoms. The van der Waals surface area contributed by atoms with Crippen LogP contribution < -0.4 is 15.0 Å². The molecule has 0 radical (unpaired) electrons. The van der Waals surface area contributed by atoms with Gasteiger partial charge >= 0.3 is 0 Å². The molecule has 1 aliphatic rings. The molecule has 186 valence electrons. The first-order chi connectivity index (χ1) is 17.6. The predicted molar refractivity (Wildman–Crippen MR) is 145 cm³/mol. The van der Waals surface area contributed by atoms with Crippen LogP contribution in [0.2, 0.25) is 5.02 Å². The van der Waals surface area contributed by atoms with Crippen molar-refractivity contribution < 1.29 is 9.53 Å². The van der Waals surface area contributed by atoms with Gasteiger partial charge in [0.15, 0.2) is 0 Å². The topological polar surface area (TPSA) is 73.5 Å². The zero-order valence-electron chi connectivity index (χ0n) is 20.3. The van der Waals surface area contributed by atoms with E-state index in [1.807, 2.05) is 60.7 Å². The third-order valence-electron chi connectivity index (χ3n) is 6.59. The lowest BCUT2D eigenvalue weighted by Crippen LogP contribution is -2.47. The van der Waals surface area contributed by atoms with E-state index in [9.17, 15) is 4.79 Å². The van der Waals surface area contributed by atoms with Gasteiger partial charge in [-0.2, -0.15) is 0 Å². The van der Waals surface area contributed by atoms with Gasteiger partial charge in [0.2, 0.25) is 0 Å². The van der Waals surface area contributed by atoms with Crippen molar-refractivity contribution in [3.63, 3.8) is 0 Å². The van der Waals surface area contributed by atoms with Crippen molar-refractivity contribution >= 4 is 34.2 Å². The minimum absolute atomic E-state index is 0.0540. The summed E-state index contributed by atoms with van der Waals surface area (Å²) in [4.78, 5) is 25.4. The van der Waals surface area contributed by atoms with Gasteiger partial charge < -0.3 is 19.9 Å². The van der Waals surface area contributed by atoms with Gasteiger partial charge in [-0.3, -0.25) is 9.69 Å². The number of nitrogens with zero attached hydrogens (tertiary/aromatic N) is 3. The molecule has 4 aromatic rings. The Labute approximate surface area is 216 Å². The molecule has 1 saturated heterocycles. The molecule has 0 spiro atoms. The molecule has 8 heteroatoms. The molecule has 1 fully saturated rings. The quantitative estimate of drug-likeness (QED) is 0.337. The number of nitrogens with one attached hydrogen (secondary N) is 2. The molecular weight excluding hydrogens is 474 g/mol. The van der Waals surface area contributed by atoms with Gasteiger partial charge in [0.25, 0.3) is 5.91 Å².